The predicted octanol–water partition coefficient (Wildman–Crippen LogP) is 13.2. The molecule has 2 rings (SSSR count). The van der Waals surface area contributed by atoms with Gasteiger partial charge in [0.2, 0.25) is 0 Å². The minimum absolute atomic E-state index is 0.551. The molecular weight excluding hydrogens is 508 g/mol. The molecule has 0 spiro atoms. The zero-order chi connectivity index (χ0) is 29.8. The van der Waals surface area contributed by atoms with E-state index >= 15 is 0 Å². The van der Waals surface area contributed by atoms with Crippen LogP contribution in [0, 0.1) is 0 Å². The standard InChI is InChI=1S/C40H72N2/c1-3-5-7-9-11-13-15-16-17-18-19-20-21-23-25-30-34-40-41(35-31-26-24-22-14-12-10-8-6-4-2)36-37-42(40)38-39-32-28-27-29-33-39/h27-29,32-33,36-37,40H,3-26,30-31,34-35,38H2,1-2H3. The van der Waals surface area contributed by atoms with E-state index in [2.05, 4.69) is 66.4 Å². The van der Waals surface area contributed by atoms with Crippen LogP contribution in [-0.4, -0.2) is 22.5 Å². The highest BCUT2D eigenvalue weighted by Crippen LogP contribution is 2.25. The van der Waals surface area contributed by atoms with Gasteiger partial charge >= 0.3 is 0 Å². The number of benzene rings is 1. The van der Waals surface area contributed by atoms with Crippen molar-refractivity contribution < 1.29 is 0 Å². The summed E-state index contributed by atoms with van der Waals surface area (Å²) in [5, 5.41) is 0. The lowest BCUT2D eigenvalue weighted by atomic mass is 10.0. The fraction of sp³-hybridized carbons (Fsp3) is 0.800. The highest BCUT2D eigenvalue weighted by Gasteiger charge is 2.25. The highest BCUT2D eigenvalue weighted by atomic mass is 15.4. The average Bonchev–Trinajstić information content (AvgIpc) is 3.39. The molecule has 1 aliphatic heterocycles. The molecule has 1 aliphatic rings. The first-order valence-corrected chi connectivity index (χ1v) is 19.1. The maximum atomic E-state index is 2.67. The van der Waals surface area contributed by atoms with Crippen molar-refractivity contribution in [2.45, 2.75) is 200 Å². The SMILES string of the molecule is CCCCCCCCCCCCCCCCCCC1N(CCCCCCCCCCCC)C=CN1Cc1ccccc1. The van der Waals surface area contributed by atoms with Gasteiger partial charge in [0.15, 0.2) is 0 Å². The summed E-state index contributed by atoms with van der Waals surface area (Å²) in [6, 6.07) is 11.1. The van der Waals surface area contributed by atoms with Crippen molar-refractivity contribution in [3.63, 3.8) is 0 Å². The molecule has 0 amide bonds. The van der Waals surface area contributed by atoms with Crippen LogP contribution in [0.4, 0.5) is 0 Å². The molecule has 0 aromatic heterocycles. The Morgan fingerprint density at radius 2 is 0.810 bits per heavy atom. The summed E-state index contributed by atoms with van der Waals surface area (Å²) >= 11 is 0. The minimum Gasteiger partial charge on any atom is -0.356 e. The first kappa shape index (κ1) is 36.8. The van der Waals surface area contributed by atoms with Crippen LogP contribution in [0.5, 0.6) is 0 Å². The van der Waals surface area contributed by atoms with Gasteiger partial charge in [-0.2, -0.15) is 0 Å². The molecule has 0 aliphatic carbocycles. The van der Waals surface area contributed by atoms with Gasteiger partial charge in [-0.25, -0.2) is 0 Å². The monoisotopic (exact) mass is 581 g/mol. The largest absolute Gasteiger partial charge is 0.356 e. The Balaban J connectivity index is 1.54. The van der Waals surface area contributed by atoms with Gasteiger partial charge in [0.25, 0.3) is 0 Å². The van der Waals surface area contributed by atoms with E-state index in [-0.39, 0.29) is 0 Å². The fourth-order valence-corrected chi connectivity index (χ4v) is 6.72. The summed E-state index contributed by atoms with van der Waals surface area (Å²) < 4.78 is 0. The van der Waals surface area contributed by atoms with Gasteiger partial charge in [-0.05, 0) is 24.8 Å². The average molecular weight is 581 g/mol. The summed E-state index contributed by atoms with van der Waals surface area (Å²) in [6.07, 6.45) is 43.9. The second-order valence-electron chi connectivity index (χ2n) is 13.4. The third-order valence-electron chi connectivity index (χ3n) is 9.51. The van der Waals surface area contributed by atoms with Gasteiger partial charge in [-0.15, -0.1) is 0 Å². The maximum absolute atomic E-state index is 2.67. The number of unbranched alkanes of at least 4 members (excludes halogenated alkanes) is 24. The number of nitrogens with zero attached hydrogens (tertiary/aromatic N) is 2. The van der Waals surface area contributed by atoms with E-state index < -0.39 is 0 Å². The Kier molecular flexibility index (Phi) is 23.7. The summed E-state index contributed by atoms with van der Waals surface area (Å²) in [6.45, 7) is 6.88. The molecular formula is C40H72N2. The van der Waals surface area contributed by atoms with Crippen molar-refractivity contribution in [1.82, 2.24) is 9.80 Å². The van der Waals surface area contributed by atoms with Crippen LogP contribution in [0.1, 0.15) is 193 Å². The summed E-state index contributed by atoms with van der Waals surface area (Å²) in [5.74, 6) is 0. The van der Waals surface area contributed by atoms with Crippen molar-refractivity contribution in [3.8, 4) is 0 Å². The van der Waals surface area contributed by atoms with Crippen molar-refractivity contribution in [2.75, 3.05) is 6.54 Å². The Hall–Kier alpha value is -1.44. The van der Waals surface area contributed by atoms with Gasteiger partial charge in [-0.3, -0.25) is 0 Å². The normalized spacial score (nSPS) is 14.9. The van der Waals surface area contributed by atoms with Gasteiger partial charge in [0, 0.05) is 25.5 Å². The van der Waals surface area contributed by atoms with Crippen molar-refractivity contribution in [1.29, 1.82) is 0 Å². The molecule has 0 saturated heterocycles. The molecule has 1 aromatic carbocycles. The fourth-order valence-electron chi connectivity index (χ4n) is 6.72. The molecule has 0 fully saturated rings. The lowest BCUT2D eigenvalue weighted by Crippen LogP contribution is -2.38. The molecule has 42 heavy (non-hydrogen) atoms. The van der Waals surface area contributed by atoms with Crippen LogP contribution in [0.25, 0.3) is 0 Å². The Morgan fingerprint density at radius 1 is 0.429 bits per heavy atom. The minimum atomic E-state index is 0.551. The molecule has 242 valence electrons. The Morgan fingerprint density at radius 3 is 1.26 bits per heavy atom. The summed E-state index contributed by atoms with van der Waals surface area (Å²) in [4.78, 5) is 5.27. The van der Waals surface area contributed by atoms with Crippen molar-refractivity contribution in [2.24, 2.45) is 0 Å². The molecule has 1 atom stereocenters. The lowest BCUT2D eigenvalue weighted by molar-refractivity contribution is 0.132. The van der Waals surface area contributed by atoms with Crippen LogP contribution in [-0.2, 0) is 6.54 Å². The third kappa shape index (κ3) is 19.0. The number of rotatable bonds is 30. The smallest absolute Gasteiger partial charge is 0.101 e. The summed E-state index contributed by atoms with van der Waals surface area (Å²) in [7, 11) is 0. The first-order chi connectivity index (χ1) is 20.8. The topological polar surface area (TPSA) is 6.48 Å². The molecule has 0 saturated carbocycles. The van der Waals surface area contributed by atoms with E-state index in [1.54, 1.807) is 0 Å². The van der Waals surface area contributed by atoms with E-state index in [0.29, 0.717) is 6.17 Å². The number of hydrogen-bond donors (Lipinski definition) is 0. The van der Waals surface area contributed by atoms with Gasteiger partial charge in [0.05, 0.1) is 0 Å². The van der Waals surface area contributed by atoms with Crippen LogP contribution in [0.15, 0.2) is 42.7 Å². The molecule has 2 nitrogen and oxygen atoms in total. The van der Waals surface area contributed by atoms with E-state index in [0.717, 1.165) is 6.54 Å². The van der Waals surface area contributed by atoms with E-state index in [1.165, 1.54) is 185 Å². The third-order valence-corrected chi connectivity index (χ3v) is 9.51. The van der Waals surface area contributed by atoms with E-state index in [9.17, 15) is 0 Å². The molecule has 0 bridgehead atoms. The van der Waals surface area contributed by atoms with Crippen LogP contribution in [0.3, 0.4) is 0 Å². The number of hydrogen-bond acceptors (Lipinski definition) is 2. The van der Waals surface area contributed by atoms with Crippen molar-refractivity contribution in [3.05, 3.63) is 48.3 Å². The predicted molar refractivity (Wildman–Crippen MR) is 188 cm³/mol. The highest BCUT2D eigenvalue weighted by molar-refractivity contribution is 5.16. The Labute approximate surface area is 264 Å². The molecule has 0 N–H and O–H groups in total. The second kappa shape index (κ2) is 27.1. The molecule has 0 radical (unpaired) electrons. The van der Waals surface area contributed by atoms with Gasteiger partial charge in [0.1, 0.15) is 6.17 Å². The Bertz CT molecular complexity index is 714. The van der Waals surface area contributed by atoms with E-state index in [1.807, 2.05) is 0 Å². The van der Waals surface area contributed by atoms with Crippen LogP contribution < -0.4 is 0 Å². The van der Waals surface area contributed by atoms with Crippen LogP contribution in [0.2, 0.25) is 0 Å². The summed E-state index contributed by atoms with van der Waals surface area (Å²) in [5.41, 5.74) is 1.43. The first-order valence-electron chi connectivity index (χ1n) is 19.1. The lowest BCUT2D eigenvalue weighted by Gasteiger charge is -2.33. The molecule has 1 heterocycles. The maximum Gasteiger partial charge on any atom is 0.101 e. The zero-order valence-corrected chi connectivity index (χ0v) is 28.5. The molecule has 2 heteroatoms. The van der Waals surface area contributed by atoms with Crippen LogP contribution >= 0.6 is 0 Å². The van der Waals surface area contributed by atoms with E-state index in [4.69, 9.17) is 0 Å². The zero-order valence-electron chi connectivity index (χ0n) is 28.5. The molecule has 1 unspecified atom stereocenters. The van der Waals surface area contributed by atoms with Gasteiger partial charge < -0.3 is 9.80 Å². The second-order valence-corrected chi connectivity index (χ2v) is 13.4. The quantitative estimate of drug-likeness (QED) is 0.0835. The van der Waals surface area contributed by atoms with Gasteiger partial charge in [-0.1, -0.05) is 198 Å². The molecule has 1 aromatic rings. The van der Waals surface area contributed by atoms with Crippen molar-refractivity contribution >= 4 is 0 Å².